The molecule has 1 aliphatic rings. The molecule has 6 nitrogen and oxygen atoms in total. The monoisotopic (exact) mass is 265 g/mol. The van der Waals surface area contributed by atoms with Gasteiger partial charge < -0.3 is 19.8 Å². The van der Waals surface area contributed by atoms with Gasteiger partial charge in [-0.1, -0.05) is 6.07 Å². The van der Waals surface area contributed by atoms with Crippen LogP contribution in [-0.2, 0) is 9.59 Å². The van der Waals surface area contributed by atoms with E-state index in [1.165, 1.54) is 4.90 Å². The van der Waals surface area contributed by atoms with Crippen LogP contribution in [0.15, 0.2) is 18.2 Å². The Morgan fingerprint density at radius 2 is 2.21 bits per heavy atom. The van der Waals surface area contributed by atoms with Gasteiger partial charge in [0, 0.05) is 6.54 Å². The largest absolute Gasteiger partial charge is 0.481 e. The number of carbonyl (C=O) groups excluding carboxylic acids is 1. The van der Waals surface area contributed by atoms with Crippen LogP contribution in [0.1, 0.15) is 12.0 Å². The van der Waals surface area contributed by atoms with Gasteiger partial charge in [0.15, 0.2) is 6.10 Å². The van der Waals surface area contributed by atoms with Crippen LogP contribution in [0.3, 0.4) is 0 Å². The van der Waals surface area contributed by atoms with Crippen LogP contribution in [0.25, 0.3) is 0 Å². The number of benzene rings is 1. The Morgan fingerprint density at radius 3 is 2.84 bits per heavy atom. The Kier molecular flexibility index (Phi) is 3.71. The van der Waals surface area contributed by atoms with Crippen molar-refractivity contribution in [2.75, 3.05) is 18.1 Å². The first kappa shape index (κ1) is 13.4. The summed E-state index contributed by atoms with van der Waals surface area (Å²) in [5.74, 6) is -1.06. The van der Waals surface area contributed by atoms with Crippen molar-refractivity contribution in [1.82, 2.24) is 0 Å². The Labute approximate surface area is 110 Å². The summed E-state index contributed by atoms with van der Waals surface area (Å²) in [5, 5.41) is 17.8. The number of β-amino-alcohol motifs (C(OH)–C–C–N with tert-alkyl or cyclic N) is 1. The summed E-state index contributed by atoms with van der Waals surface area (Å²) in [6, 6.07) is 5.31. The highest BCUT2D eigenvalue weighted by atomic mass is 16.5. The van der Waals surface area contributed by atoms with E-state index >= 15 is 0 Å². The summed E-state index contributed by atoms with van der Waals surface area (Å²) in [5.41, 5.74) is 1.51. The minimum absolute atomic E-state index is 0.119. The standard InChI is InChI=1S/C13H15NO5/c1-8-2-3-9-10(6-8)19-11(7-12(16)17)13(18)14(9)4-5-15/h2-3,6,11,15H,4-5,7H2,1H3,(H,16,17). The van der Waals surface area contributed by atoms with Gasteiger partial charge in [-0.25, -0.2) is 0 Å². The molecule has 19 heavy (non-hydrogen) atoms. The molecule has 0 saturated carbocycles. The van der Waals surface area contributed by atoms with Crippen molar-refractivity contribution in [3.05, 3.63) is 23.8 Å². The number of carbonyl (C=O) groups is 2. The number of amides is 1. The molecule has 1 aliphatic heterocycles. The average Bonchev–Trinajstić information content (AvgIpc) is 2.33. The van der Waals surface area contributed by atoms with Crippen molar-refractivity contribution >= 4 is 17.6 Å². The first-order valence-electron chi connectivity index (χ1n) is 5.94. The molecule has 2 rings (SSSR count). The SMILES string of the molecule is Cc1ccc2c(c1)OC(CC(=O)O)C(=O)N2CCO. The number of rotatable bonds is 4. The molecule has 0 spiro atoms. The molecular formula is C13H15NO5. The molecular weight excluding hydrogens is 250 g/mol. The summed E-state index contributed by atoms with van der Waals surface area (Å²) in [4.78, 5) is 24.2. The van der Waals surface area contributed by atoms with E-state index in [0.717, 1.165) is 5.56 Å². The fraction of sp³-hybridized carbons (Fsp3) is 0.385. The molecule has 0 aromatic heterocycles. The number of hydrogen-bond acceptors (Lipinski definition) is 4. The maximum Gasteiger partial charge on any atom is 0.307 e. The van der Waals surface area contributed by atoms with Crippen LogP contribution in [0.4, 0.5) is 5.69 Å². The minimum Gasteiger partial charge on any atom is -0.481 e. The summed E-state index contributed by atoms with van der Waals surface area (Å²) < 4.78 is 5.46. The van der Waals surface area contributed by atoms with Crippen LogP contribution in [0.2, 0.25) is 0 Å². The predicted molar refractivity (Wildman–Crippen MR) is 67.3 cm³/mol. The van der Waals surface area contributed by atoms with Gasteiger partial charge in [-0.2, -0.15) is 0 Å². The normalized spacial score (nSPS) is 17.9. The lowest BCUT2D eigenvalue weighted by Gasteiger charge is -2.33. The van der Waals surface area contributed by atoms with Gasteiger partial charge in [0.05, 0.1) is 18.7 Å². The Balaban J connectivity index is 2.38. The van der Waals surface area contributed by atoms with E-state index in [2.05, 4.69) is 0 Å². The number of aryl methyl sites for hydroxylation is 1. The van der Waals surface area contributed by atoms with E-state index in [1.807, 2.05) is 13.0 Å². The molecule has 102 valence electrons. The second kappa shape index (κ2) is 5.27. The minimum atomic E-state index is -1.10. The molecule has 1 amide bonds. The van der Waals surface area contributed by atoms with Gasteiger partial charge in [-0.3, -0.25) is 9.59 Å². The van der Waals surface area contributed by atoms with E-state index in [-0.39, 0.29) is 13.2 Å². The lowest BCUT2D eigenvalue weighted by Crippen LogP contribution is -2.47. The Bertz CT molecular complexity index is 514. The van der Waals surface area contributed by atoms with Crippen LogP contribution < -0.4 is 9.64 Å². The van der Waals surface area contributed by atoms with Crippen LogP contribution in [-0.4, -0.2) is 41.3 Å². The Hall–Kier alpha value is -2.08. The van der Waals surface area contributed by atoms with Crippen molar-refractivity contribution in [2.45, 2.75) is 19.4 Å². The van der Waals surface area contributed by atoms with Crippen LogP contribution in [0.5, 0.6) is 5.75 Å². The van der Waals surface area contributed by atoms with Gasteiger partial charge in [0.2, 0.25) is 0 Å². The summed E-state index contributed by atoms with van der Waals surface area (Å²) in [7, 11) is 0. The fourth-order valence-corrected chi connectivity index (χ4v) is 2.05. The number of fused-ring (bicyclic) bond motifs is 1. The number of carboxylic acid groups (broad SMARTS) is 1. The zero-order valence-electron chi connectivity index (χ0n) is 10.5. The number of carboxylic acids is 1. The maximum atomic E-state index is 12.1. The quantitative estimate of drug-likeness (QED) is 0.830. The lowest BCUT2D eigenvalue weighted by molar-refractivity contribution is -0.142. The fourth-order valence-electron chi connectivity index (χ4n) is 2.05. The van der Waals surface area contributed by atoms with E-state index in [0.29, 0.717) is 11.4 Å². The highest BCUT2D eigenvalue weighted by molar-refractivity contribution is 6.01. The number of nitrogens with zero attached hydrogens (tertiary/aromatic N) is 1. The third-order valence-electron chi connectivity index (χ3n) is 2.90. The lowest BCUT2D eigenvalue weighted by atomic mass is 10.1. The number of anilines is 1. The number of hydrogen-bond donors (Lipinski definition) is 2. The summed E-state index contributed by atoms with van der Waals surface area (Å²) in [6.07, 6.45) is -1.44. The van der Waals surface area contributed by atoms with Gasteiger partial charge in [0.1, 0.15) is 5.75 Å². The van der Waals surface area contributed by atoms with Crippen molar-refractivity contribution in [2.24, 2.45) is 0 Å². The molecule has 1 atom stereocenters. The Morgan fingerprint density at radius 1 is 1.47 bits per heavy atom. The number of aliphatic carboxylic acids is 1. The second-order valence-corrected chi connectivity index (χ2v) is 4.39. The van der Waals surface area contributed by atoms with E-state index in [4.69, 9.17) is 14.9 Å². The van der Waals surface area contributed by atoms with Crippen molar-refractivity contribution in [3.63, 3.8) is 0 Å². The molecule has 6 heteroatoms. The van der Waals surface area contributed by atoms with Crippen molar-refractivity contribution < 1.29 is 24.5 Å². The zero-order chi connectivity index (χ0) is 14.0. The van der Waals surface area contributed by atoms with Crippen molar-refractivity contribution in [1.29, 1.82) is 0 Å². The molecule has 0 saturated heterocycles. The van der Waals surface area contributed by atoms with Crippen LogP contribution in [0, 0.1) is 6.92 Å². The van der Waals surface area contributed by atoms with E-state index < -0.39 is 24.4 Å². The number of aliphatic hydroxyl groups excluding tert-OH is 1. The molecule has 1 aromatic rings. The number of ether oxygens (including phenoxy) is 1. The van der Waals surface area contributed by atoms with E-state index in [9.17, 15) is 9.59 Å². The first-order valence-corrected chi connectivity index (χ1v) is 5.94. The summed E-state index contributed by atoms with van der Waals surface area (Å²) >= 11 is 0. The topological polar surface area (TPSA) is 87.1 Å². The average molecular weight is 265 g/mol. The molecule has 0 radical (unpaired) electrons. The molecule has 0 fully saturated rings. The first-order chi connectivity index (χ1) is 9.02. The number of aliphatic hydroxyl groups is 1. The molecule has 0 bridgehead atoms. The molecule has 1 unspecified atom stereocenters. The van der Waals surface area contributed by atoms with Gasteiger partial charge in [-0.15, -0.1) is 0 Å². The molecule has 2 N–H and O–H groups in total. The van der Waals surface area contributed by atoms with Gasteiger partial charge in [-0.05, 0) is 24.6 Å². The highest BCUT2D eigenvalue weighted by Gasteiger charge is 2.35. The zero-order valence-corrected chi connectivity index (χ0v) is 10.5. The van der Waals surface area contributed by atoms with Gasteiger partial charge in [0.25, 0.3) is 5.91 Å². The highest BCUT2D eigenvalue weighted by Crippen LogP contribution is 2.35. The molecule has 1 heterocycles. The molecule has 1 aromatic carbocycles. The van der Waals surface area contributed by atoms with Crippen LogP contribution >= 0.6 is 0 Å². The third-order valence-corrected chi connectivity index (χ3v) is 2.90. The predicted octanol–water partition coefficient (Wildman–Crippen LogP) is 0.556. The van der Waals surface area contributed by atoms with Gasteiger partial charge >= 0.3 is 5.97 Å². The van der Waals surface area contributed by atoms with E-state index in [1.54, 1.807) is 12.1 Å². The summed E-state index contributed by atoms with van der Waals surface area (Å²) in [6.45, 7) is 1.80. The smallest absolute Gasteiger partial charge is 0.307 e. The van der Waals surface area contributed by atoms with Crippen molar-refractivity contribution in [3.8, 4) is 5.75 Å². The molecule has 0 aliphatic carbocycles. The maximum absolute atomic E-state index is 12.1. The second-order valence-electron chi connectivity index (χ2n) is 4.39. The third kappa shape index (κ3) is 2.68.